The number of nitrogens with zero attached hydrogens (tertiary/aromatic N) is 3. The van der Waals surface area contributed by atoms with Gasteiger partial charge in [0.2, 0.25) is 5.82 Å². The third-order valence-corrected chi connectivity index (χ3v) is 6.20. The summed E-state index contributed by atoms with van der Waals surface area (Å²) in [6.07, 6.45) is 0. The van der Waals surface area contributed by atoms with E-state index in [1.165, 1.54) is 0 Å². The van der Waals surface area contributed by atoms with Gasteiger partial charge in [-0.3, -0.25) is 4.90 Å². The van der Waals surface area contributed by atoms with Gasteiger partial charge in [-0.1, -0.05) is 76.4 Å². The Labute approximate surface area is 202 Å². The van der Waals surface area contributed by atoms with Crippen molar-refractivity contribution in [1.29, 1.82) is 0 Å². The van der Waals surface area contributed by atoms with Crippen molar-refractivity contribution in [2.45, 2.75) is 26.8 Å². The fraction of sp³-hybridized carbons (Fsp3) is 0.148. The molecule has 0 fully saturated rings. The summed E-state index contributed by atoms with van der Waals surface area (Å²) in [6.45, 7) is 5.95. The molecule has 1 N–H and O–H groups in total. The molecule has 0 aliphatic carbocycles. The fourth-order valence-corrected chi connectivity index (χ4v) is 4.21. The number of carbonyl (C=O) groups is 1. The van der Waals surface area contributed by atoms with Crippen LogP contribution in [0.1, 0.15) is 35.5 Å². The van der Waals surface area contributed by atoms with Crippen molar-refractivity contribution in [3.63, 3.8) is 0 Å². The minimum Gasteiger partial charge on any atom is -0.334 e. The first-order valence-electron chi connectivity index (χ1n) is 11.0. The number of aryl methyl sites for hydroxylation is 2. The average Bonchev–Trinajstić information content (AvgIpc) is 3.30. The predicted molar refractivity (Wildman–Crippen MR) is 133 cm³/mol. The second kappa shape index (κ2) is 8.80. The maximum Gasteiger partial charge on any atom is 0.326 e. The van der Waals surface area contributed by atoms with E-state index in [1.807, 2.05) is 69.3 Å². The number of urea groups is 1. The number of benzene rings is 3. The third kappa shape index (κ3) is 4.08. The van der Waals surface area contributed by atoms with Crippen LogP contribution in [-0.4, -0.2) is 16.2 Å². The van der Waals surface area contributed by atoms with Gasteiger partial charge in [0.1, 0.15) is 0 Å². The van der Waals surface area contributed by atoms with E-state index < -0.39 is 6.04 Å². The van der Waals surface area contributed by atoms with Gasteiger partial charge in [-0.15, -0.1) is 0 Å². The van der Waals surface area contributed by atoms with Crippen molar-refractivity contribution in [3.05, 3.63) is 106 Å². The molecule has 170 valence electrons. The van der Waals surface area contributed by atoms with Gasteiger partial charge in [-0.05, 0) is 50.6 Å². The zero-order valence-corrected chi connectivity index (χ0v) is 19.8. The first kappa shape index (κ1) is 21.9. The van der Waals surface area contributed by atoms with Crippen LogP contribution in [0, 0.1) is 13.8 Å². The number of allylic oxidation sites excluding steroid dienone is 1. The maximum absolute atomic E-state index is 13.3. The van der Waals surface area contributed by atoms with Gasteiger partial charge in [0.05, 0.1) is 17.3 Å². The number of hydrogen-bond acceptors (Lipinski definition) is 4. The van der Waals surface area contributed by atoms with Crippen LogP contribution in [0.2, 0.25) is 5.02 Å². The number of aromatic nitrogens is 2. The van der Waals surface area contributed by atoms with Crippen molar-refractivity contribution < 1.29 is 9.32 Å². The lowest BCUT2D eigenvalue weighted by atomic mass is 9.94. The van der Waals surface area contributed by atoms with Gasteiger partial charge in [-0.25, -0.2) is 4.79 Å². The van der Waals surface area contributed by atoms with E-state index in [1.54, 1.807) is 29.2 Å². The zero-order chi connectivity index (χ0) is 23.8. The van der Waals surface area contributed by atoms with E-state index in [0.717, 1.165) is 27.8 Å². The van der Waals surface area contributed by atoms with Crippen LogP contribution in [0.4, 0.5) is 10.5 Å². The average molecular weight is 471 g/mol. The second-order valence-corrected chi connectivity index (χ2v) is 8.83. The van der Waals surface area contributed by atoms with Gasteiger partial charge in [0.15, 0.2) is 0 Å². The molecule has 0 spiro atoms. The number of nitrogens with one attached hydrogen (secondary N) is 1. The highest BCUT2D eigenvalue weighted by molar-refractivity contribution is 6.30. The summed E-state index contributed by atoms with van der Waals surface area (Å²) in [7, 11) is 0. The van der Waals surface area contributed by atoms with Crippen molar-refractivity contribution in [3.8, 4) is 11.4 Å². The molecular formula is C27H23ClN4O2. The Balaban J connectivity index is 1.64. The minimum atomic E-state index is -0.442. The third-order valence-electron chi connectivity index (χ3n) is 5.95. The fourth-order valence-electron chi connectivity index (χ4n) is 4.08. The first-order valence-corrected chi connectivity index (χ1v) is 11.3. The van der Waals surface area contributed by atoms with Crippen molar-refractivity contribution in [2.24, 2.45) is 0 Å². The lowest BCUT2D eigenvalue weighted by molar-refractivity contribution is 0.244. The molecule has 0 bridgehead atoms. The largest absolute Gasteiger partial charge is 0.334 e. The van der Waals surface area contributed by atoms with E-state index in [0.29, 0.717) is 28.1 Å². The number of hydrogen-bond donors (Lipinski definition) is 1. The molecule has 7 heteroatoms. The molecule has 1 aliphatic heterocycles. The maximum atomic E-state index is 13.3. The van der Waals surface area contributed by atoms with Gasteiger partial charge in [-0.2, -0.15) is 4.98 Å². The summed E-state index contributed by atoms with van der Waals surface area (Å²) in [4.78, 5) is 19.6. The summed E-state index contributed by atoms with van der Waals surface area (Å²) in [5, 5.41) is 7.94. The quantitative estimate of drug-likeness (QED) is 0.360. The number of carbonyl (C=O) groups excluding carboxylic acids is 1. The van der Waals surface area contributed by atoms with Crippen LogP contribution < -0.4 is 10.2 Å². The van der Waals surface area contributed by atoms with Crippen LogP contribution in [0.25, 0.3) is 17.0 Å². The summed E-state index contributed by atoms with van der Waals surface area (Å²) in [6, 6.07) is 22.4. The summed E-state index contributed by atoms with van der Waals surface area (Å²) in [5.74, 6) is 0.852. The predicted octanol–water partition coefficient (Wildman–Crippen LogP) is 6.71. The zero-order valence-electron chi connectivity index (χ0n) is 19.0. The lowest BCUT2D eigenvalue weighted by Gasteiger charge is -2.35. The molecule has 1 unspecified atom stereocenters. The van der Waals surface area contributed by atoms with Crippen molar-refractivity contribution in [1.82, 2.24) is 15.5 Å². The Hall–Kier alpha value is -3.90. The van der Waals surface area contributed by atoms with Crippen LogP contribution in [0.3, 0.4) is 0 Å². The minimum absolute atomic E-state index is 0.243. The Morgan fingerprint density at radius 2 is 1.50 bits per heavy atom. The number of rotatable bonds is 4. The second-order valence-electron chi connectivity index (χ2n) is 8.39. The number of anilines is 1. The van der Waals surface area contributed by atoms with E-state index in [9.17, 15) is 4.79 Å². The van der Waals surface area contributed by atoms with E-state index >= 15 is 0 Å². The van der Waals surface area contributed by atoms with Crippen LogP contribution in [-0.2, 0) is 0 Å². The van der Waals surface area contributed by atoms with Gasteiger partial charge >= 0.3 is 6.03 Å². The molecule has 1 atom stereocenters. The Kier molecular flexibility index (Phi) is 5.67. The standard InChI is InChI=1S/C27H23ClN4O2/c1-16-4-8-19(9-5-16)24-23(26-30-25(31-34-26)20-10-6-17(2)7-11-20)18(3)32(27(33)29-24)22-14-12-21(28)13-15-22/h4-15,24H,1-3H3,(H,29,33). The molecule has 2 heterocycles. The van der Waals surface area contributed by atoms with E-state index in [4.69, 9.17) is 21.1 Å². The van der Waals surface area contributed by atoms with E-state index in [-0.39, 0.29) is 6.03 Å². The molecule has 0 radical (unpaired) electrons. The molecule has 2 amide bonds. The Morgan fingerprint density at radius 3 is 2.15 bits per heavy atom. The van der Waals surface area contributed by atoms with E-state index in [2.05, 4.69) is 10.5 Å². The lowest BCUT2D eigenvalue weighted by Crippen LogP contribution is -2.46. The van der Waals surface area contributed by atoms with Crippen LogP contribution in [0.15, 0.2) is 83.0 Å². The van der Waals surface area contributed by atoms with Crippen LogP contribution in [0.5, 0.6) is 0 Å². The van der Waals surface area contributed by atoms with Gasteiger partial charge in [0.25, 0.3) is 5.89 Å². The highest BCUT2D eigenvalue weighted by atomic mass is 35.5. The SMILES string of the molecule is CC1=C(c2nc(-c3ccc(C)cc3)no2)C(c2ccc(C)cc2)NC(=O)N1c1ccc(Cl)cc1. The molecule has 3 aromatic carbocycles. The molecular weight excluding hydrogens is 448 g/mol. The highest BCUT2D eigenvalue weighted by Gasteiger charge is 2.36. The van der Waals surface area contributed by atoms with Gasteiger partial charge < -0.3 is 9.84 Å². The number of amides is 2. The summed E-state index contributed by atoms with van der Waals surface area (Å²) < 4.78 is 5.76. The molecule has 4 aromatic rings. The first-order chi connectivity index (χ1) is 16.4. The van der Waals surface area contributed by atoms with Crippen LogP contribution >= 0.6 is 11.6 Å². The molecule has 6 nitrogen and oxygen atoms in total. The monoisotopic (exact) mass is 470 g/mol. The van der Waals surface area contributed by atoms with Gasteiger partial charge in [0, 0.05) is 16.3 Å². The molecule has 1 aliphatic rings. The molecule has 1 aromatic heterocycles. The smallest absolute Gasteiger partial charge is 0.326 e. The summed E-state index contributed by atoms with van der Waals surface area (Å²) in [5.41, 5.74) is 6.21. The molecule has 0 saturated heterocycles. The Bertz CT molecular complexity index is 1370. The van der Waals surface area contributed by atoms with Crippen molar-refractivity contribution in [2.75, 3.05) is 4.90 Å². The summed E-state index contributed by atoms with van der Waals surface area (Å²) >= 11 is 6.07. The van der Waals surface area contributed by atoms with Crippen molar-refractivity contribution >= 4 is 28.9 Å². The molecule has 34 heavy (non-hydrogen) atoms. The Morgan fingerprint density at radius 1 is 0.882 bits per heavy atom. The molecule has 0 saturated carbocycles. The normalized spacial score (nSPS) is 16.1. The number of halogens is 1. The molecule has 5 rings (SSSR count). The topological polar surface area (TPSA) is 71.3 Å². The highest BCUT2D eigenvalue weighted by Crippen LogP contribution is 2.39.